The molecule has 3 aromatic rings. The van der Waals surface area contributed by atoms with Crippen LogP contribution in [0, 0.1) is 17.0 Å². The average Bonchev–Trinajstić information content (AvgIpc) is 3.15. The molecule has 6 nitrogen and oxygen atoms in total. The van der Waals surface area contributed by atoms with E-state index in [0.717, 1.165) is 10.6 Å². The first-order valence-electron chi connectivity index (χ1n) is 6.72. The van der Waals surface area contributed by atoms with Gasteiger partial charge < -0.3 is 9.73 Å². The van der Waals surface area contributed by atoms with Crippen molar-refractivity contribution >= 4 is 34.3 Å². The first-order valence-corrected chi connectivity index (χ1v) is 7.98. The van der Waals surface area contributed by atoms with Crippen LogP contribution >= 0.6 is 22.9 Å². The van der Waals surface area contributed by atoms with Crippen molar-refractivity contribution in [3.63, 3.8) is 0 Å². The van der Waals surface area contributed by atoms with Gasteiger partial charge in [-0.05, 0) is 30.5 Å². The highest BCUT2D eigenvalue weighted by molar-refractivity contribution is 7.13. The third-order valence-electron chi connectivity index (χ3n) is 3.23. The van der Waals surface area contributed by atoms with Gasteiger partial charge in [0.2, 0.25) is 5.89 Å². The molecule has 0 saturated heterocycles. The lowest BCUT2D eigenvalue weighted by Crippen LogP contribution is -2.02. The number of rotatable bonds is 5. The highest BCUT2D eigenvalue weighted by Crippen LogP contribution is 2.29. The number of nitrogens with one attached hydrogen (secondary N) is 1. The van der Waals surface area contributed by atoms with Gasteiger partial charge in [0, 0.05) is 11.8 Å². The Balaban J connectivity index is 1.76. The van der Waals surface area contributed by atoms with Crippen LogP contribution in [0.4, 0.5) is 11.4 Å². The van der Waals surface area contributed by atoms with E-state index in [0.29, 0.717) is 23.9 Å². The monoisotopic (exact) mass is 349 g/mol. The Bertz CT molecular complexity index is 846. The Hall–Kier alpha value is -2.38. The highest BCUT2D eigenvalue weighted by Gasteiger charge is 2.14. The molecule has 8 heteroatoms. The summed E-state index contributed by atoms with van der Waals surface area (Å²) in [5, 5.41) is 16.1. The Kier molecular flexibility index (Phi) is 4.31. The summed E-state index contributed by atoms with van der Waals surface area (Å²) in [6, 6.07) is 8.46. The second kappa shape index (κ2) is 6.39. The Labute approximate surface area is 140 Å². The molecule has 0 spiro atoms. The summed E-state index contributed by atoms with van der Waals surface area (Å²) in [5.41, 5.74) is 1.22. The molecule has 118 valence electrons. The van der Waals surface area contributed by atoms with E-state index in [1.54, 1.807) is 17.4 Å². The molecular weight excluding hydrogens is 338 g/mol. The van der Waals surface area contributed by atoms with Crippen molar-refractivity contribution in [2.45, 2.75) is 13.5 Å². The van der Waals surface area contributed by atoms with Gasteiger partial charge in [0.15, 0.2) is 0 Å². The van der Waals surface area contributed by atoms with Crippen LogP contribution in [0.1, 0.15) is 11.5 Å². The lowest BCUT2D eigenvalue weighted by Gasteiger charge is -2.05. The zero-order valence-corrected chi connectivity index (χ0v) is 13.6. The normalized spacial score (nSPS) is 10.7. The number of nitrogens with zero attached hydrogens (tertiary/aromatic N) is 2. The molecule has 0 aliphatic rings. The minimum Gasteiger partial charge on any atom is -0.440 e. The van der Waals surface area contributed by atoms with E-state index in [-0.39, 0.29) is 10.7 Å². The van der Waals surface area contributed by atoms with Gasteiger partial charge in [0.1, 0.15) is 16.5 Å². The van der Waals surface area contributed by atoms with Gasteiger partial charge in [0.25, 0.3) is 5.69 Å². The van der Waals surface area contributed by atoms with Gasteiger partial charge in [-0.25, -0.2) is 4.98 Å². The lowest BCUT2D eigenvalue weighted by molar-refractivity contribution is -0.384. The van der Waals surface area contributed by atoms with E-state index in [2.05, 4.69) is 10.3 Å². The minimum absolute atomic E-state index is 0.109. The van der Waals surface area contributed by atoms with Crippen molar-refractivity contribution < 1.29 is 9.34 Å². The molecule has 0 saturated carbocycles. The van der Waals surface area contributed by atoms with Crippen LogP contribution in [-0.4, -0.2) is 9.91 Å². The summed E-state index contributed by atoms with van der Waals surface area (Å²) < 4.78 is 5.66. The van der Waals surface area contributed by atoms with E-state index in [1.165, 1.54) is 12.1 Å². The van der Waals surface area contributed by atoms with Crippen molar-refractivity contribution in [2.75, 3.05) is 5.32 Å². The van der Waals surface area contributed by atoms with Gasteiger partial charge in [-0.3, -0.25) is 10.1 Å². The number of aryl methyl sites for hydroxylation is 1. The van der Waals surface area contributed by atoms with Crippen molar-refractivity contribution in [1.82, 2.24) is 4.98 Å². The maximum Gasteiger partial charge on any atom is 0.289 e. The van der Waals surface area contributed by atoms with Crippen molar-refractivity contribution in [3.05, 3.63) is 62.3 Å². The molecule has 0 unspecified atom stereocenters. The van der Waals surface area contributed by atoms with Crippen LogP contribution in [0.15, 0.2) is 40.1 Å². The molecule has 0 fully saturated rings. The number of hydrogen-bond acceptors (Lipinski definition) is 6. The van der Waals surface area contributed by atoms with Gasteiger partial charge in [0.05, 0.1) is 16.3 Å². The van der Waals surface area contributed by atoms with Crippen LogP contribution in [0.5, 0.6) is 0 Å². The molecule has 2 heterocycles. The van der Waals surface area contributed by atoms with Crippen LogP contribution in [0.25, 0.3) is 10.8 Å². The Morgan fingerprint density at radius 2 is 2.26 bits per heavy atom. The number of anilines is 1. The van der Waals surface area contributed by atoms with Crippen molar-refractivity contribution in [3.8, 4) is 10.8 Å². The zero-order chi connectivity index (χ0) is 16.4. The predicted octanol–water partition coefficient (Wildman–Crippen LogP) is 4.89. The number of halogens is 1. The average molecular weight is 350 g/mol. The molecule has 0 bridgehead atoms. The second-order valence-corrected chi connectivity index (χ2v) is 6.13. The number of hydrogen-bond donors (Lipinski definition) is 1. The van der Waals surface area contributed by atoms with Crippen LogP contribution in [0.2, 0.25) is 5.02 Å². The van der Waals surface area contributed by atoms with E-state index in [4.69, 9.17) is 16.0 Å². The number of oxazole rings is 1. The highest BCUT2D eigenvalue weighted by atomic mass is 35.5. The summed E-state index contributed by atoms with van der Waals surface area (Å²) in [7, 11) is 0. The maximum atomic E-state index is 10.9. The maximum absolute atomic E-state index is 10.9. The van der Waals surface area contributed by atoms with Crippen LogP contribution in [-0.2, 0) is 6.54 Å². The molecule has 0 amide bonds. The summed E-state index contributed by atoms with van der Waals surface area (Å²) in [5.74, 6) is 1.29. The first kappa shape index (κ1) is 15.5. The topological polar surface area (TPSA) is 81.2 Å². The van der Waals surface area contributed by atoms with Gasteiger partial charge in [-0.15, -0.1) is 11.3 Å². The van der Waals surface area contributed by atoms with E-state index in [1.807, 2.05) is 24.4 Å². The smallest absolute Gasteiger partial charge is 0.289 e. The zero-order valence-electron chi connectivity index (χ0n) is 12.1. The second-order valence-electron chi connectivity index (χ2n) is 4.78. The van der Waals surface area contributed by atoms with Gasteiger partial charge in [-0.1, -0.05) is 17.7 Å². The Morgan fingerprint density at radius 1 is 1.43 bits per heavy atom. The Morgan fingerprint density at radius 3 is 2.96 bits per heavy atom. The number of aromatic nitrogens is 1. The fraction of sp³-hybridized carbons (Fsp3) is 0.133. The standard InChI is InChI=1S/C15H12ClN3O3S/c1-9-12(18-15(22-9)14-3-2-6-23-14)8-17-10-4-5-11(16)13(7-10)19(20)21/h2-7,17H,8H2,1H3. The number of benzene rings is 1. The fourth-order valence-electron chi connectivity index (χ4n) is 2.05. The molecule has 1 N–H and O–H groups in total. The van der Waals surface area contributed by atoms with Gasteiger partial charge in [-0.2, -0.15) is 0 Å². The fourth-order valence-corrected chi connectivity index (χ4v) is 2.88. The molecule has 2 aromatic heterocycles. The lowest BCUT2D eigenvalue weighted by atomic mass is 10.2. The molecule has 0 aliphatic heterocycles. The van der Waals surface area contributed by atoms with E-state index >= 15 is 0 Å². The third kappa shape index (κ3) is 3.35. The quantitative estimate of drug-likeness (QED) is 0.524. The molecule has 0 radical (unpaired) electrons. The van der Waals surface area contributed by atoms with Crippen molar-refractivity contribution in [1.29, 1.82) is 0 Å². The molecule has 0 atom stereocenters. The minimum atomic E-state index is -0.510. The van der Waals surface area contributed by atoms with Crippen LogP contribution < -0.4 is 5.32 Å². The summed E-state index contributed by atoms with van der Waals surface area (Å²) >= 11 is 7.35. The number of thiophene rings is 1. The van der Waals surface area contributed by atoms with E-state index < -0.39 is 4.92 Å². The molecule has 0 aliphatic carbocycles. The summed E-state index contributed by atoms with van der Waals surface area (Å²) in [6.45, 7) is 2.24. The predicted molar refractivity (Wildman–Crippen MR) is 90.0 cm³/mol. The number of nitro benzene ring substituents is 1. The number of nitro groups is 1. The molecule has 23 heavy (non-hydrogen) atoms. The third-order valence-corrected chi connectivity index (χ3v) is 4.40. The summed E-state index contributed by atoms with van der Waals surface area (Å²) in [6.07, 6.45) is 0. The van der Waals surface area contributed by atoms with Crippen molar-refractivity contribution in [2.24, 2.45) is 0 Å². The molecular formula is C15H12ClN3O3S. The van der Waals surface area contributed by atoms with Gasteiger partial charge >= 0.3 is 0 Å². The first-order chi connectivity index (χ1) is 11.0. The SMILES string of the molecule is Cc1oc(-c2cccs2)nc1CNc1ccc(Cl)c([N+](=O)[O-])c1. The largest absolute Gasteiger partial charge is 0.440 e. The van der Waals surface area contributed by atoms with Crippen LogP contribution in [0.3, 0.4) is 0 Å². The van der Waals surface area contributed by atoms with E-state index in [9.17, 15) is 10.1 Å². The molecule has 1 aromatic carbocycles. The summed E-state index contributed by atoms with van der Waals surface area (Å²) in [4.78, 5) is 15.8. The molecule has 3 rings (SSSR count).